The molecule has 1 N–H and O–H groups in total. The second kappa shape index (κ2) is 13.4. The number of rotatable bonds is 12. The van der Waals surface area contributed by atoms with Crippen LogP contribution in [-0.2, 0) is 30.5 Å². The fourth-order valence-electron chi connectivity index (χ4n) is 4.42. The molecule has 222 valence electrons. The van der Waals surface area contributed by atoms with Crippen LogP contribution in [0.4, 0.5) is 5.69 Å². The molecule has 0 aliphatic rings. The number of hydrogen-bond donors (Lipinski definition) is 1. The molecule has 4 rings (SSSR count). The highest BCUT2D eigenvalue weighted by Gasteiger charge is 2.34. The first-order valence-corrected chi connectivity index (χ1v) is 15.2. The Bertz CT molecular complexity index is 1600. The molecule has 0 radical (unpaired) electrons. The van der Waals surface area contributed by atoms with Gasteiger partial charge >= 0.3 is 19.3 Å². The molecular formula is C32H37N2O7P. The summed E-state index contributed by atoms with van der Waals surface area (Å²) < 4.78 is 36.2. The van der Waals surface area contributed by atoms with Gasteiger partial charge in [-0.25, -0.2) is 9.36 Å². The first-order chi connectivity index (χ1) is 20.0. The summed E-state index contributed by atoms with van der Waals surface area (Å²) in [5.41, 5.74) is 2.48. The summed E-state index contributed by atoms with van der Waals surface area (Å²) in [4.78, 5) is 26.9. The summed E-state index contributed by atoms with van der Waals surface area (Å²) in [6, 6.07) is 24.1. The van der Waals surface area contributed by atoms with Gasteiger partial charge < -0.3 is 18.6 Å². The van der Waals surface area contributed by atoms with Gasteiger partial charge in [0.2, 0.25) is 0 Å². The molecular weight excluding hydrogens is 555 g/mol. The average Bonchev–Trinajstić information content (AvgIpc) is 2.96. The third-order valence-electron chi connectivity index (χ3n) is 6.74. The molecule has 0 bridgehead atoms. The number of nitrogens with one attached hydrogen (secondary N) is 1. The van der Waals surface area contributed by atoms with Gasteiger partial charge in [0.25, 0.3) is 0 Å². The summed E-state index contributed by atoms with van der Waals surface area (Å²) in [6.07, 6.45) is 0.209. The predicted molar refractivity (Wildman–Crippen MR) is 164 cm³/mol. The van der Waals surface area contributed by atoms with E-state index < -0.39 is 25.4 Å². The van der Waals surface area contributed by atoms with Crippen LogP contribution in [0.15, 0.2) is 94.1 Å². The maximum atomic E-state index is 14.1. The van der Waals surface area contributed by atoms with Gasteiger partial charge in [-0.1, -0.05) is 75.4 Å². The van der Waals surface area contributed by atoms with Crippen molar-refractivity contribution in [3.8, 4) is 5.75 Å². The molecule has 10 heteroatoms. The first-order valence-electron chi connectivity index (χ1n) is 13.7. The SMILES string of the molecule is COC(=O)C(Cc1ccccc1)NP(=O)(OCCN(C)c1cc(=O)oc2ccc(C(C)(C)C)cc12)Oc1ccccc1. The summed E-state index contributed by atoms with van der Waals surface area (Å²) in [5.74, 6) is -0.292. The number of esters is 1. The van der Waals surface area contributed by atoms with Crippen molar-refractivity contribution in [1.29, 1.82) is 0 Å². The van der Waals surface area contributed by atoms with E-state index in [-0.39, 0.29) is 25.0 Å². The van der Waals surface area contributed by atoms with Crippen LogP contribution in [-0.4, -0.2) is 39.3 Å². The average molecular weight is 593 g/mol. The largest absolute Gasteiger partial charge is 0.468 e. The van der Waals surface area contributed by atoms with Gasteiger partial charge in [0.05, 0.1) is 19.4 Å². The van der Waals surface area contributed by atoms with Gasteiger partial charge in [-0.3, -0.25) is 9.32 Å². The predicted octanol–water partition coefficient (Wildman–Crippen LogP) is 6.10. The van der Waals surface area contributed by atoms with Crippen LogP contribution >= 0.6 is 7.75 Å². The normalized spacial score (nSPS) is 13.7. The van der Waals surface area contributed by atoms with E-state index in [0.29, 0.717) is 17.0 Å². The molecule has 9 nitrogen and oxygen atoms in total. The smallest absolute Gasteiger partial charge is 0.459 e. The number of fused-ring (bicyclic) bond motifs is 1. The number of likely N-dealkylation sites (N-methyl/N-ethyl adjacent to an activating group) is 1. The van der Waals surface area contributed by atoms with Gasteiger partial charge in [0.15, 0.2) is 0 Å². The van der Waals surface area contributed by atoms with Gasteiger partial charge in [-0.15, -0.1) is 0 Å². The van der Waals surface area contributed by atoms with Crippen LogP contribution < -0.4 is 20.1 Å². The lowest BCUT2D eigenvalue weighted by atomic mass is 9.86. The van der Waals surface area contributed by atoms with Crippen LogP contribution in [0.3, 0.4) is 0 Å². The molecule has 2 atom stereocenters. The van der Waals surface area contributed by atoms with E-state index in [1.165, 1.54) is 13.2 Å². The zero-order valence-corrected chi connectivity index (χ0v) is 25.4. The monoisotopic (exact) mass is 592 g/mol. The van der Waals surface area contributed by atoms with Crippen molar-refractivity contribution in [3.63, 3.8) is 0 Å². The fraction of sp³-hybridized carbons (Fsp3) is 0.312. The third kappa shape index (κ3) is 8.10. The molecule has 1 aromatic heterocycles. The first kappa shape index (κ1) is 31.0. The second-order valence-corrected chi connectivity index (χ2v) is 12.7. The van der Waals surface area contributed by atoms with Gasteiger partial charge in [-0.2, -0.15) is 5.09 Å². The highest BCUT2D eigenvalue weighted by molar-refractivity contribution is 7.52. The lowest BCUT2D eigenvalue weighted by Gasteiger charge is -2.26. The van der Waals surface area contributed by atoms with Crippen molar-refractivity contribution in [2.24, 2.45) is 0 Å². The van der Waals surface area contributed by atoms with Crippen LogP contribution in [0, 0.1) is 0 Å². The van der Waals surface area contributed by atoms with Crippen molar-refractivity contribution >= 4 is 30.4 Å². The Morgan fingerprint density at radius 1 is 1.00 bits per heavy atom. The van der Waals surface area contributed by atoms with E-state index in [1.54, 1.807) is 36.4 Å². The summed E-state index contributed by atoms with van der Waals surface area (Å²) in [5, 5.41) is 3.59. The van der Waals surface area contributed by atoms with E-state index in [9.17, 15) is 14.2 Å². The number of carbonyl (C=O) groups is 1. The third-order valence-corrected chi connectivity index (χ3v) is 8.34. The highest BCUT2D eigenvalue weighted by atomic mass is 31.2. The maximum absolute atomic E-state index is 14.1. The van der Waals surface area contributed by atoms with Crippen LogP contribution in [0.5, 0.6) is 5.75 Å². The number of benzene rings is 3. The molecule has 3 aromatic carbocycles. The lowest BCUT2D eigenvalue weighted by molar-refractivity contribution is -0.142. The van der Waals surface area contributed by atoms with E-state index in [2.05, 4.69) is 25.9 Å². The second-order valence-electron chi connectivity index (χ2n) is 11.0. The number of ether oxygens (including phenoxy) is 1. The Morgan fingerprint density at radius 2 is 1.67 bits per heavy atom. The van der Waals surface area contributed by atoms with E-state index in [4.69, 9.17) is 18.2 Å². The Labute approximate surface area is 246 Å². The molecule has 0 fully saturated rings. The number of para-hydroxylation sites is 1. The minimum Gasteiger partial charge on any atom is -0.468 e. The molecule has 1 heterocycles. The maximum Gasteiger partial charge on any atom is 0.459 e. The van der Waals surface area contributed by atoms with E-state index in [1.807, 2.05) is 54.4 Å². The quantitative estimate of drug-likeness (QED) is 0.119. The molecule has 4 aromatic rings. The van der Waals surface area contributed by atoms with Crippen molar-refractivity contribution in [3.05, 3.63) is 106 Å². The zero-order valence-electron chi connectivity index (χ0n) is 24.5. The number of hydrogen-bond acceptors (Lipinski definition) is 8. The number of anilines is 1. The Hall–Kier alpha value is -3.91. The van der Waals surface area contributed by atoms with Gasteiger partial charge in [0.1, 0.15) is 17.4 Å². The molecule has 2 unspecified atom stereocenters. The molecule has 0 saturated carbocycles. The summed E-state index contributed by atoms with van der Waals surface area (Å²) >= 11 is 0. The molecule has 42 heavy (non-hydrogen) atoms. The van der Waals surface area contributed by atoms with Crippen LogP contribution in [0.1, 0.15) is 31.9 Å². The Kier molecular flexibility index (Phi) is 9.89. The van der Waals surface area contributed by atoms with Crippen molar-refractivity contribution in [1.82, 2.24) is 5.09 Å². The molecule has 0 spiro atoms. The van der Waals surface area contributed by atoms with Crippen LogP contribution in [0.25, 0.3) is 11.0 Å². The highest BCUT2D eigenvalue weighted by Crippen LogP contribution is 2.45. The molecule has 0 amide bonds. The van der Waals surface area contributed by atoms with Crippen molar-refractivity contribution in [2.45, 2.75) is 38.6 Å². The zero-order chi connectivity index (χ0) is 30.3. The minimum absolute atomic E-state index is 0.0481. The van der Waals surface area contributed by atoms with E-state index in [0.717, 1.165) is 16.5 Å². The Morgan fingerprint density at radius 3 is 2.31 bits per heavy atom. The number of methoxy groups -OCH3 is 1. The van der Waals surface area contributed by atoms with E-state index >= 15 is 0 Å². The standard InChI is InChI=1S/C32H37N2O7P/c1-32(2,3)24-16-17-29-26(21-24)28(22-30(35)40-29)34(4)18-19-39-42(37,41-25-14-10-7-11-15-25)33-27(31(36)38-5)20-23-12-8-6-9-13-23/h6-17,21-22,27H,18-20H2,1-5H3,(H,33,37). The number of carbonyl (C=O) groups excluding carboxylic acids is 1. The number of nitrogens with zero attached hydrogens (tertiary/aromatic N) is 1. The topological polar surface area (TPSA) is 107 Å². The Balaban J connectivity index is 1.57. The van der Waals surface area contributed by atoms with Crippen LogP contribution in [0.2, 0.25) is 0 Å². The minimum atomic E-state index is -4.09. The van der Waals surface area contributed by atoms with Gasteiger partial charge in [0, 0.05) is 25.0 Å². The fourth-order valence-corrected chi connectivity index (χ4v) is 5.90. The molecule has 0 aliphatic carbocycles. The summed E-state index contributed by atoms with van der Waals surface area (Å²) in [7, 11) is -1.01. The summed E-state index contributed by atoms with van der Waals surface area (Å²) in [6.45, 7) is 6.54. The molecule has 0 aliphatic heterocycles. The van der Waals surface area contributed by atoms with Gasteiger partial charge in [-0.05, 0) is 47.2 Å². The van der Waals surface area contributed by atoms with Crippen molar-refractivity contribution < 1.29 is 27.6 Å². The molecule has 0 saturated heterocycles. The van der Waals surface area contributed by atoms with Crippen molar-refractivity contribution in [2.75, 3.05) is 32.2 Å². The lowest BCUT2D eigenvalue weighted by Crippen LogP contribution is -2.39.